The van der Waals surface area contributed by atoms with E-state index in [-0.39, 0.29) is 17.4 Å². The van der Waals surface area contributed by atoms with E-state index in [0.29, 0.717) is 11.3 Å². The van der Waals surface area contributed by atoms with Crippen molar-refractivity contribution < 1.29 is 13.2 Å². The zero-order valence-corrected chi connectivity index (χ0v) is 18.1. The molecule has 3 aromatic rings. The highest BCUT2D eigenvalue weighted by Gasteiger charge is 2.16. The standard InChI is InChI=1S/C20H24ClN3O3S/c1-12(2)15-10-16(21)13(3)8-19(15)27-11-20-23-17-9-14(28(25,26)22-4)6-7-18(17)24(20)5/h6-10,12,22H,11H2,1-5H3. The van der Waals surface area contributed by atoms with Gasteiger partial charge < -0.3 is 9.30 Å². The second kappa shape index (κ2) is 7.73. The molecular formula is C20H24ClN3O3S. The van der Waals surface area contributed by atoms with Crippen molar-refractivity contribution in [2.45, 2.75) is 38.2 Å². The molecule has 1 heterocycles. The van der Waals surface area contributed by atoms with Gasteiger partial charge in [0, 0.05) is 12.1 Å². The summed E-state index contributed by atoms with van der Waals surface area (Å²) in [7, 11) is -0.243. The van der Waals surface area contributed by atoms with E-state index in [1.807, 2.05) is 30.7 Å². The first-order chi connectivity index (χ1) is 13.1. The van der Waals surface area contributed by atoms with Crippen LogP contribution in [0.15, 0.2) is 35.2 Å². The van der Waals surface area contributed by atoms with Gasteiger partial charge in [-0.05, 0) is 61.3 Å². The molecule has 1 N–H and O–H groups in total. The fraction of sp³-hybridized carbons (Fsp3) is 0.350. The van der Waals surface area contributed by atoms with Crippen LogP contribution < -0.4 is 9.46 Å². The summed E-state index contributed by atoms with van der Waals surface area (Å²) in [5, 5.41) is 0.719. The third-order valence-corrected chi connectivity index (χ3v) is 6.61. The zero-order chi connectivity index (χ0) is 20.6. The molecule has 0 saturated carbocycles. The molecule has 0 spiro atoms. The maximum absolute atomic E-state index is 12.0. The van der Waals surface area contributed by atoms with E-state index in [9.17, 15) is 8.42 Å². The van der Waals surface area contributed by atoms with Gasteiger partial charge in [-0.1, -0.05) is 25.4 Å². The Morgan fingerprint density at radius 2 is 1.96 bits per heavy atom. The topological polar surface area (TPSA) is 73.2 Å². The summed E-state index contributed by atoms with van der Waals surface area (Å²) >= 11 is 6.26. The molecule has 0 aliphatic carbocycles. The van der Waals surface area contributed by atoms with Crippen molar-refractivity contribution in [3.05, 3.63) is 52.3 Å². The average Bonchev–Trinajstić information content (AvgIpc) is 2.97. The molecule has 0 bridgehead atoms. The molecule has 8 heteroatoms. The van der Waals surface area contributed by atoms with E-state index in [1.54, 1.807) is 18.2 Å². The van der Waals surface area contributed by atoms with Crippen molar-refractivity contribution in [2.75, 3.05) is 7.05 Å². The number of rotatable bonds is 6. The van der Waals surface area contributed by atoms with Gasteiger partial charge in [-0.2, -0.15) is 0 Å². The second-order valence-corrected chi connectivity index (χ2v) is 9.32. The normalized spacial score (nSPS) is 12.1. The lowest BCUT2D eigenvalue weighted by atomic mass is 10.0. The van der Waals surface area contributed by atoms with Crippen LogP contribution >= 0.6 is 11.6 Å². The number of ether oxygens (including phenoxy) is 1. The fourth-order valence-electron chi connectivity index (χ4n) is 3.03. The highest BCUT2D eigenvalue weighted by Crippen LogP contribution is 2.32. The number of fused-ring (bicyclic) bond motifs is 1. The Morgan fingerprint density at radius 1 is 1.25 bits per heavy atom. The maximum atomic E-state index is 12.0. The predicted molar refractivity (Wildman–Crippen MR) is 112 cm³/mol. The minimum atomic E-state index is -3.52. The Balaban J connectivity index is 1.94. The zero-order valence-electron chi connectivity index (χ0n) is 16.6. The molecule has 0 fully saturated rings. The number of nitrogens with one attached hydrogen (secondary N) is 1. The van der Waals surface area contributed by atoms with Crippen LogP contribution in [0.1, 0.15) is 36.7 Å². The third-order valence-electron chi connectivity index (χ3n) is 4.79. The summed E-state index contributed by atoms with van der Waals surface area (Å²) in [5.74, 6) is 1.75. The summed E-state index contributed by atoms with van der Waals surface area (Å²) in [6, 6.07) is 8.78. The number of hydrogen-bond acceptors (Lipinski definition) is 4. The van der Waals surface area contributed by atoms with Gasteiger partial charge >= 0.3 is 0 Å². The van der Waals surface area contributed by atoms with E-state index in [1.165, 1.54) is 7.05 Å². The van der Waals surface area contributed by atoms with Crippen molar-refractivity contribution >= 4 is 32.7 Å². The van der Waals surface area contributed by atoms with Crippen LogP contribution in [-0.4, -0.2) is 25.0 Å². The Labute approximate surface area is 170 Å². The van der Waals surface area contributed by atoms with Crippen molar-refractivity contribution in [3.63, 3.8) is 0 Å². The van der Waals surface area contributed by atoms with Gasteiger partial charge in [0.15, 0.2) is 0 Å². The van der Waals surface area contributed by atoms with Gasteiger partial charge in [-0.15, -0.1) is 0 Å². The molecular weight excluding hydrogens is 398 g/mol. The number of aryl methyl sites for hydroxylation is 2. The Hall–Kier alpha value is -2.09. The van der Waals surface area contributed by atoms with Crippen molar-refractivity contribution in [1.82, 2.24) is 14.3 Å². The van der Waals surface area contributed by atoms with Crippen LogP contribution in [0, 0.1) is 6.92 Å². The SMILES string of the molecule is CNS(=O)(=O)c1ccc2c(c1)nc(COc1cc(C)c(Cl)cc1C(C)C)n2C. The van der Waals surface area contributed by atoms with Gasteiger partial charge in [0.1, 0.15) is 18.2 Å². The molecule has 0 amide bonds. The van der Waals surface area contributed by atoms with Gasteiger partial charge in [0.05, 0.1) is 15.9 Å². The van der Waals surface area contributed by atoms with Crippen molar-refractivity contribution in [1.29, 1.82) is 0 Å². The lowest BCUT2D eigenvalue weighted by Crippen LogP contribution is -2.18. The lowest BCUT2D eigenvalue weighted by molar-refractivity contribution is 0.288. The van der Waals surface area contributed by atoms with Crippen molar-refractivity contribution in [2.24, 2.45) is 7.05 Å². The highest BCUT2D eigenvalue weighted by molar-refractivity contribution is 7.89. The molecule has 1 aromatic heterocycles. The third kappa shape index (κ3) is 3.87. The summed E-state index contributed by atoms with van der Waals surface area (Å²) in [4.78, 5) is 4.75. The average molecular weight is 422 g/mol. The first kappa shape index (κ1) is 20.6. The molecule has 6 nitrogen and oxygen atoms in total. The first-order valence-electron chi connectivity index (χ1n) is 8.95. The minimum Gasteiger partial charge on any atom is -0.485 e. The van der Waals surface area contributed by atoms with E-state index in [2.05, 4.69) is 23.6 Å². The molecule has 0 unspecified atom stereocenters. The van der Waals surface area contributed by atoms with Crippen LogP contribution in [0.4, 0.5) is 0 Å². The number of sulfonamides is 1. The summed E-state index contributed by atoms with van der Waals surface area (Å²) < 4.78 is 34.4. The van der Waals surface area contributed by atoms with Crippen LogP contribution in [0.25, 0.3) is 11.0 Å². The largest absolute Gasteiger partial charge is 0.485 e. The second-order valence-electron chi connectivity index (χ2n) is 7.03. The van der Waals surface area contributed by atoms with Gasteiger partial charge in [-0.25, -0.2) is 18.1 Å². The number of nitrogens with zero attached hydrogens (tertiary/aromatic N) is 2. The monoisotopic (exact) mass is 421 g/mol. The van der Waals surface area contributed by atoms with Crippen LogP contribution in [0.2, 0.25) is 5.02 Å². The predicted octanol–water partition coefficient (Wildman–Crippen LogP) is 4.15. The van der Waals surface area contributed by atoms with Gasteiger partial charge in [0.25, 0.3) is 0 Å². The van der Waals surface area contributed by atoms with Gasteiger partial charge in [-0.3, -0.25) is 0 Å². The molecule has 3 rings (SSSR count). The maximum Gasteiger partial charge on any atom is 0.240 e. The summed E-state index contributed by atoms with van der Waals surface area (Å²) in [5.41, 5.74) is 3.43. The molecule has 0 radical (unpaired) electrons. The highest BCUT2D eigenvalue weighted by atomic mass is 35.5. The first-order valence-corrected chi connectivity index (χ1v) is 10.8. The molecule has 0 aliphatic heterocycles. The summed E-state index contributed by atoms with van der Waals surface area (Å²) in [6.45, 7) is 6.39. The Morgan fingerprint density at radius 3 is 2.61 bits per heavy atom. The number of benzene rings is 2. The number of imidazole rings is 1. The van der Waals surface area contributed by atoms with E-state index in [0.717, 1.165) is 27.4 Å². The summed E-state index contributed by atoms with van der Waals surface area (Å²) in [6.07, 6.45) is 0. The van der Waals surface area contributed by atoms with Crippen LogP contribution in [0.5, 0.6) is 5.75 Å². The van der Waals surface area contributed by atoms with E-state index < -0.39 is 10.0 Å². The number of aromatic nitrogens is 2. The number of halogens is 1. The minimum absolute atomic E-state index is 0.184. The van der Waals surface area contributed by atoms with Crippen LogP contribution in [0.3, 0.4) is 0 Å². The van der Waals surface area contributed by atoms with E-state index in [4.69, 9.17) is 16.3 Å². The Kier molecular flexibility index (Phi) is 5.70. The Bertz CT molecular complexity index is 1140. The lowest BCUT2D eigenvalue weighted by Gasteiger charge is -2.16. The van der Waals surface area contributed by atoms with Crippen LogP contribution in [-0.2, 0) is 23.7 Å². The number of hydrogen-bond donors (Lipinski definition) is 1. The molecule has 150 valence electrons. The fourth-order valence-corrected chi connectivity index (χ4v) is 3.95. The molecule has 2 aromatic carbocycles. The smallest absolute Gasteiger partial charge is 0.240 e. The van der Waals surface area contributed by atoms with Crippen molar-refractivity contribution in [3.8, 4) is 5.75 Å². The van der Waals surface area contributed by atoms with E-state index >= 15 is 0 Å². The molecule has 0 atom stereocenters. The molecule has 0 aliphatic rings. The molecule has 0 saturated heterocycles. The molecule has 28 heavy (non-hydrogen) atoms. The van der Waals surface area contributed by atoms with Gasteiger partial charge in [0.2, 0.25) is 10.0 Å². The quantitative estimate of drug-likeness (QED) is 0.649.